The van der Waals surface area contributed by atoms with Crippen molar-refractivity contribution in [2.75, 3.05) is 0 Å². The van der Waals surface area contributed by atoms with Crippen LogP contribution in [-0.2, 0) is 34.8 Å². The van der Waals surface area contributed by atoms with E-state index in [1.165, 1.54) is 57.8 Å². The number of ketones is 1. The Morgan fingerprint density at radius 3 is 1.61 bits per heavy atom. The molecule has 0 aromatic rings. The van der Waals surface area contributed by atoms with Gasteiger partial charge in [-0.1, -0.05) is 39.5 Å². The van der Waals surface area contributed by atoms with Crippen LogP contribution in [0.1, 0.15) is 104 Å². The normalized spacial score (nSPS) is 12.0. The summed E-state index contributed by atoms with van der Waals surface area (Å²) in [5.41, 5.74) is 0.275. The van der Waals surface area contributed by atoms with Crippen molar-refractivity contribution in [1.29, 1.82) is 0 Å². The van der Waals surface area contributed by atoms with Crippen molar-refractivity contribution >= 4 is 11.8 Å². The molecule has 0 saturated heterocycles. The van der Waals surface area contributed by atoms with Crippen LogP contribution >= 0.6 is 0 Å². The summed E-state index contributed by atoms with van der Waals surface area (Å²) < 4.78 is 24.0. The third-order valence-corrected chi connectivity index (χ3v) is 5.57. The summed E-state index contributed by atoms with van der Waals surface area (Å²) in [6.07, 6.45) is 14.8. The monoisotopic (exact) mass is 432 g/mol. The summed E-state index contributed by atoms with van der Waals surface area (Å²) in [6, 6.07) is 0. The first-order chi connectivity index (χ1) is 13.3. The second-order valence-electron chi connectivity index (χ2n) is 8.24. The van der Waals surface area contributed by atoms with Crippen LogP contribution in [0.25, 0.3) is 0 Å². The maximum absolute atomic E-state index is 12.1. The molecule has 0 amide bonds. The van der Waals surface area contributed by atoms with E-state index >= 15 is 0 Å². The third-order valence-electron chi connectivity index (χ3n) is 4.98. The standard InChI is InChI=1S/C22H40O3.H2O.O.Ti/c1-18(2)16-14-12-10-8-6-5-7-9-11-13-15-17-20(22(24)25)21(23)19(3)4;;;/h18,20H,3,5-17H2,1-2,4H3,(H,24,25);1H2;;/q;;;+2/p-2. The Hall–Kier alpha value is -0.646. The number of Topliss-reactive ketones (excluding diaryl/α,β-unsaturated/α-hetero) is 1. The fourth-order valence-electron chi connectivity index (χ4n) is 3.30. The van der Waals surface area contributed by atoms with Gasteiger partial charge >= 0.3 is 133 Å². The van der Waals surface area contributed by atoms with Gasteiger partial charge in [0.25, 0.3) is 0 Å². The molecule has 0 aliphatic carbocycles. The summed E-state index contributed by atoms with van der Waals surface area (Å²) in [6.45, 7) is 9.67. The summed E-state index contributed by atoms with van der Waals surface area (Å²) in [5, 5.41) is 0. The van der Waals surface area contributed by atoms with Crippen LogP contribution in [-0.4, -0.2) is 15.4 Å². The van der Waals surface area contributed by atoms with Gasteiger partial charge in [-0.3, -0.25) is 0 Å². The molecule has 162 valence electrons. The first kappa shape index (κ1) is 27.4. The summed E-state index contributed by atoms with van der Waals surface area (Å²) in [5.74, 6) is -1.44. The fourth-order valence-corrected chi connectivity index (χ4v) is 3.79. The average molecular weight is 432 g/mol. The number of rotatable bonds is 18. The van der Waals surface area contributed by atoms with Gasteiger partial charge in [0.2, 0.25) is 0 Å². The van der Waals surface area contributed by atoms with Gasteiger partial charge in [-0.25, -0.2) is 0 Å². The van der Waals surface area contributed by atoms with Crippen molar-refractivity contribution in [3.8, 4) is 0 Å². The number of carbonyl (C=O) groups excluding carboxylic acids is 2. The van der Waals surface area contributed by atoms with E-state index in [2.05, 4.69) is 23.7 Å². The van der Waals surface area contributed by atoms with Crippen LogP contribution in [0.2, 0.25) is 0 Å². The minimum absolute atomic E-state index is 0.275. The topological polar surface area (TPSA) is 80.7 Å². The molecule has 0 aliphatic rings. The minimum atomic E-state index is -3.97. The molecule has 1 atom stereocenters. The molecule has 1 N–H and O–H groups in total. The Morgan fingerprint density at radius 1 is 0.857 bits per heavy atom. The van der Waals surface area contributed by atoms with E-state index in [1.54, 1.807) is 6.92 Å². The molecular formula is C22H40O5Ti. The van der Waals surface area contributed by atoms with Crippen molar-refractivity contribution in [2.24, 2.45) is 11.8 Å². The van der Waals surface area contributed by atoms with Gasteiger partial charge in [0.15, 0.2) is 0 Å². The van der Waals surface area contributed by atoms with Crippen molar-refractivity contribution in [3.63, 3.8) is 0 Å². The van der Waals surface area contributed by atoms with Crippen molar-refractivity contribution in [2.45, 2.75) is 104 Å². The van der Waals surface area contributed by atoms with Crippen LogP contribution in [0.5, 0.6) is 0 Å². The number of carbonyl (C=O) groups is 2. The van der Waals surface area contributed by atoms with Gasteiger partial charge in [-0.15, -0.1) is 0 Å². The SMILES string of the molecule is C=C(C)C(=O)C(CCCCCCCCCCCCCC(C)C)C(=O)[O][Ti](=[O])[OH]. The Balaban J connectivity index is 3.77. The van der Waals surface area contributed by atoms with Gasteiger partial charge in [-0.2, -0.15) is 0 Å². The van der Waals surface area contributed by atoms with E-state index in [-0.39, 0.29) is 5.57 Å². The molecular weight excluding hydrogens is 392 g/mol. The number of hydrogen-bond acceptors (Lipinski definition) is 4. The zero-order chi connectivity index (χ0) is 21.4. The third kappa shape index (κ3) is 15.3. The summed E-state index contributed by atoms with van der Waals surface area (Å²) in [7, 11) is 0. The Bertz CT molecular complexity index is 487. The number of unbranched alkanes of at least 4 members (excludes halogenated alkanes) is 10. The average Bonchev–Trinajstić information content (AvgIpc) is 2.60. The maximum atomic E-state index is 12.1. The molecule has 0 fully saturated rings. The predicted octanol–water partition coefficient (Wildman–Crippen LogP) is 5.80. The summed E-state index contributed by atoms with van der Waals surface area (Å²) in [4.78, 5) is 23.9. The van der Waals surface area contributed by atoms with Gasteiger partial charge in [-0.05, 0) is 5.92 Å². The van der Waals surface area contributed by atoms with E-state index in [0.717, 1.165) is 25.2 Å². The predicted molar refractivity (Wildman–Crippen MR) is 107 cm³/mol. The van der Waals surface area contributed by atoms with E-state index in [4.69, 9.17) is 3.69 Å². The van der Waals surface area contributed by atoms with E-state index in [0.29, 0.717) is 6.42 Å². The van der Waals surface area contributed by atoms with Gasteiger partial charge < -0.3 is 0 Å². The Morgan fingerprint density at radius 2 is 1.25 bits per heavy atom. The molecule has 6 heteroatoms. The molecule has 0 aliphatic heterocycles. The van der Waals surface area contributed by atoms with Crippen LogP contribution in [0.4, 0.5) is 0 Å². The molecule has 0 spiro atoms. The molecule has 1 unspecified atom stereocenters. The van der Waals surface area contributed by atoms with Crippen LogP contribution in [0.15, 0.2) is 12.2 Å². The van der Waals surface area contributed by atoms with E-state index < -0.39 is 36.3 Å². The van der Waals surface area contributed by atoms with Gasteiger partial charge in [0.1, 0.15) is 0 Å². The van der Waals surface area contributed by atoms with Crippen LogP contribution in [0.3, 0.4) is 0 Å². The van der Waals surface area contributed by atoms with Gasteiger partial charge in [0.05, 0.1) is 0 Å². The molecule has 5 nitrogen and oxygen atoms in total. The number of allylic oxidation sites excluding steroid dienone is 1. The first-order valence-corrected chi connectivity index (χ1v) is 12.9. The van der Waals surface area contributed by atoms with Crippen LogP contribution < -0.4 is 0 Å². The van der Waals surface area contributed by atoms with E-state index in [9.17, 15) is 12.9 Å². The summed E-state index contributed by atoms with van der Waals surface area (Å²) >= 11 is -3.97. The molecule has 0 aromatic heterocycles. The molecule has 0 bridgehead atoms. The number of hydrogen-bond donors (Lipinski definition) is 1. The van der Waals surface area contributed by atoms with Crippen LogP contribution in [0, 0.1) is 11.8 Å². The van der Waals surface area contributed by atoms with Crippen molar-refractivity contribution in [3.05, 3.63) is 12.2 Å². The molecule has 0 aromatic carbocycles. The zero-order valence-electron chi connectivity index (χ0n) is 18.1. The Kier molecular flexibility index (Phi) is 16.8. The molecule has 0 rings (SSSR count). The first-order valence-electron chi connectivity index (χ1n) is 10.9. The Labute approximate surface area is 178 Å². The quantitative estimate of drug-likeness (QED) is 0.128. The van der Waals surface area contributed by atoms with Gasteiger partial charge in [0, 0.05) is 0 Å². The van der Waals surface area contributed by atoms with Crippen molar-refractivity contribution in [1.82, 2.24) is 0 Å². The molecule has 28 heavy (non-hydrogen) atoms. The van der Waals surface area contributed by atoms with Crippen molar-refractivity contribution < 1.29 is 38.5 Å². The van der Waals surface area contributed by atoms with E-state index in [1.807, 2.05) is 0 Å². The molecule has 0 heterocycles. The second kappa shape index (κ2) is 17.2. The second-order valence-corrected chi connectivity index (χ2v) is 9.39. The zero-order valence-corrected chi connectivity index (χ0v) is 19.7. The molecule has 0 saturated carbocycles. The molecule has 0 radical (unpaired) electrons. The fraction of sp³-hybridized carbons (Fsp3) is 0.818.